The molecular weight excluding hydrogens is 318 g/mol. The molecule has 122 valence electrons. The molecule has 0 radical (unpaired) electrons. The van der Waals surface area contributed by atoms with Crippen LogP contribution in [0.15, 0.2) is 64.8 Å². The zero-order chi connectivity index (χ0) is 17.6. The fourth-order valence-corrected chi connectivity index (χ4v) is 3.21. The minimum atomic E-state index is -0.714. The molecule has 0 spiro atoms. The molecule has 1 atom stereocenters. The van der Waals surface area contributed by atoms with Crippen LogP contribution < -0.4 is 16.0 Å². The molecule has 25 heavy (non-hydrogen) atoms. The highest BCUT2D eigenvalue weighted by Gasteiger charge is 2.34. The number of ether oxygens (including phenoxy) is 1. The maximum atomic E-state index is 12.7. The number of rotatable bonds is 1. The van der Waals surface area contributed by atoms with Gasteiger partial charge in [0, 0.05) is 5.39 Å². The Hall–Kier alpha value is -3.72. The largest absolute Gasteiger partial charge is 0.508 e. The van der Waals surface area contributed by atoms with Crippen LogP contribution >= 0.6 is 0 Å². The Morgan fingerprint density at radius 3 is 2.76 bits per heavy atom. The van der Waals surface area contributed by atoms with Crippen LogP contribution in [0.25, 0.3) is 10.9 Å². The van der Waals surface area contributed by atoms with Crippen LogP contribution in [0.2, 0.25) is 0 Å². The Morgan fingerprint density at radius 1 is 1.20 bits per heavy atom. The van der Waals surface area contributed by atoms with Gasteiger partial charge >= 0.3 is 0 Å². The maximum absolute atomic E-state index is 12.7. The van der Waals surface area contributed by atoms with Gasteiger partial charge in [0.15, 0.2) is 0 Å². The molecule has 3 aromatic rings. The second kappa shape index (κ2) is 5.42. The number of aromatic hydroxyl groups is 1. The first-order valence-corrected chi connectivity index (χ1v) is 7.61. The zero-order valence-electron chi connectivity index (χ0n) is 13.0. The lowest BCUT2D eigenvalue weighted by molar-refractivity contribution is 0.396. The molecule has 0 saturated carbocycles. The molecule has 6 heteroatoms. The molecule has 0 aliphatic carbocycles. The number of nitrogens with one attached hydrogen (secondary N) is 1. The van der Waals surface area contributed by atoms with Crippen molar-refractivity contribution >= 4 is 10.9 Å². The van der Waals surface area contributed by atoms with Gasteiger partial charge in [-0.2, -0.15) is 5.26 Å². The van der Waals surface area contributed by atoms with E-state index >= 15 is 0 Å². The number of aromatic nitrogens is 1. The topological polar surface area (TPSA) is 112 Å². The molecule has 2 aromatic carbocycles. The van der Waals surface area contributed by atoms with Crippen molar-refractivity contribution < 1.29 is 9.84 Å². The molecule has 4 rings (SSSR count). The first kappa shape index (κ1) is 14.8. The van der Waals surface area contributed by atoms with Gasteiger partial charge in [0.1, 0.15) is 23.1 Å². The van der Waals surface area contributed by atoms with E-state index in [4.69, 9.17) is 10.5 Å². The fourth-order valence-electron chi connectivity index (χ4n) is 3.21. The standard InChI is InChI=1S/C19H13N3O3/c20-9-13-15(10-4-3-5-11(23)8-10)16-17(25-18(13)21)12-6-1-2-7-14(12)22-19(16)24/h1-8,15,23H,21H2,(H,22,24)/t15-/m1/s1. The van der Waals surface area contributed by atoms with E-state index < -0.39 is 5.92 Å². The minimum absolute atomic E-state index is 0.0404. The lowest BCUT2D eigenvalue weighted by Gasteiger charge is -2.26. The number of phenolic OH excluding ortho intramolecular Hbond substituents is 1. The van der Waals surface area contributed by atoms with Gasteiger partial charge in [-0.1, -0.05) is 24.3 Å². The van der Waals surface area contributed by atoms with Gasteiger partial charge in [-0.25, -0.2) is 0 Å². The summed E-state index contributed by atoms with van der Waals surface area (Å²) in [6, 6.07) is 15.7. The molecule has 4 N–H and O–H groups in total. The lowest BCUT2D eigenvalue weighted by atomic mass is 9.83. The molecule has 0 saturated heterocycles. The van der Waals surface area contributed by atoms with E-state index in [1.54, 1.807) is 24.3 Å². The van der Waals surface area contributed by atoms with E-state index in [-0.39, 0.29) is 22.8 Å². The van der Waals surface area contributed by atoms with Crippen molar-refractivity contribution in [1.82, 2.24) is 4.98 Å². The quantitative estimate of drug-likeness (QED) is 0.634. The van der Waals surface area contributed by atoms with Crippen molar-refractivity contribution in [3.05, 3.63) is 81.5 Å². The molecule has 1 aromatic heterocycles. The Bertz CT molecular complexity index is 1140. The van der Waals surface area contributed by atoms with Gasteiger partial charge < -0.3 is 20.6 Å². The van der Waals surface area contributed by atoms with Gasteiger partial charge in [-0.15, -0.1) is 0 Å². The van der Waals surface area contributed by atoms with Gasteiger partial charge in [-0.3, -0.25) is 4.79 Å². The molecule has 0 bridgehead atoms. The minimum Gasteiger partial charge on any atom is -0.508 e. The number of hydrogen-bond acceptors (Lipinski definition) is 5. The predicted octanol–water partition coefficient (Wildman–Crippen LogP) is 2.45. The summed E-state index contributed by atoms with van der Waals surface area (Å²) in [6.45, 7) is 0. The summed E-state index contributed by atoms with van der Waals surface area (Å²) in [5.41, 5.74) is 7.26. The van der Waals surface area contributed by atoms with Gasteiger partial charge in [0.05, 0.1) is 17.0 Å². The van der Waals surface area contributed by atoms with Gasteiger partial charge in [0.2, 0.25) is 5.88 Å². The number of nitriles is 1. The van der Waals surface area contributed by atoms with E-state index in [1.165, 1.54) is 12.1 Å². The molecule has 0 unspecified atom stereocenters. The van der Waals surface area contributed by atoms with Gasteiger partial charge in [0.25, 0.3) is 5.56 Å². The number of H-pyrrole nitrogens is 1. The maximum Gasteiger partial charge on any atom is 0.256 e. The Balaban J connectivity index is 2.10. The molecule has 1 aliphatic heterocycles. The van der Waals surface area contributed by atoms with Crippen molar-refractivity contribution in [2.24, 2.45) is 5.73 Å². The van der Waals surface area contributed by atoms with Crippen LogP contribution in [0.3, 0.4) is 0 Å². The fraction of sp³-hybridized carbons (Fsp3) is 0.0526. The Labute approximate surface area is 142 Å². The van der Waals surface area contributed by atoms with Crippen molar-refractivity contribution in [3.63, 3.8) is 0 Å². The lowest BCUT2D eigenvalue weighted by Crippen LogP contribution is -2.27. The van der Waals surface area contributed by atoms with Gasteiger partial charge in [-0.05, 0) is 29.8 Å². The van der Waals surface area contributed by atoms with Crippen molar-refractivity contribution in [1.29, 1.82) is 5.26 Å². The Kier molecular flexibility index (Phi) is 3.22. The first-order chi connectivity index (χ1) is 12.1. The summed E-state index contributed by atoms with van der Waals surface area (Å²) in [5, 5.41) is 20.1. The number of nitrogens with zero attached hydrogens (tertiary/aromatic N) is 1. The summed E-state index contributed by atoms with van der Waals surface area (Å²) in [7, 11) is 0. The Morgan fingerprint density at radius 2 is 2.00 bits per heavy atom. The van der Waals surface area contributed by atoms with E-state index in [0.717, 1.165) is 0 Å². The zero-order valence-corrected chi connectivity index (χ0v) is 13.0. The summed E-state index contributed by atoms with van der Waals surface area (Å²) in [5.74, 6) is -0.379. The molecule has 6 nitrogen and oxygen atoms in total. The molecule has 1 aliphatic rings. The van der Waals surface area contributed by atoms with E-state index in [2.05, 4.69) is 4.98 Å². The van der Waals surface area contributed by atoms with E-state index in [0.29, 0.717) is 27.8 Å². The summed E-state index contributed by atoms with van der Waals surface area (Å²) in [6.07, 6.45) is 0. The van der Waals surface area contributed by atoms with Crippen LogP contribution in [0.1, 0.15) is 17.0 Å². The third-order valence-electron chi connectivity index (χ3n) is 4.29. The number of para-hydroxylation sites is 1. The highest BCUT2D eigenvalue weighted by molar-refractivity contribution is 5.87. The average molecular weight is 331 g/mol. The van der Waals surface area contributed by atoms with E-state index in [1.807, 2.05) is 18.2 Å². The third-order valence-corrected chi connectivity index (χ3v) is 4.29. The number of hydrogen-bond donors (Lipinski definition) is 3. The molecule has 2 heterocycles. The normalized spacial score (nSPS) is 16.2. The van der Waals surface area contributed by atoms with Crippen LogP contribution in [-0.2, 0) is 0 Å². The third kappa shape index (κ3) is 2.22. The van der Waals surface area contributed by atoms with Crippen LogP contribution in [0.5, 0.6) is 11.5 Å². The summed E-state index contributed by atoms with van der Waals surface area (Å²) < 4.78 is 5.66. The smallest absolute Gasteiger partial charge is 0.256 e. The van der Waals surface area contributed by atoms with Crippen molar-refractivity contribution in [2.45, 2.75) is 5.92 Å². The number of phenols is 1. The molecular formula is C19H13N3O3. The number of aromatic amines is 1. The number of nitrogens with two attached hydrogens (primary N) is 1. The molecule has 0 amide bonds. The summed E-state index contributed by atoms with van der Waals surface area (Å²) in [4.78, 5) is 15.6. The van der Waals surface area contributed by atoms with Crippen LogP contribution in [-0.4, -0.2) is 10.1 Å². The second-order valence-corrected chi connectivity index (χ2v) is 5.76. The number of benzene rings is 2. The monoisotopic (exact) mass is 331 g/mol. The molecule has 0 fully saturated rings. The van der Waals surface area contributed by atoms with Crippen LogP contribution in [0.4, 0.5) is 0 Å². The SMILES string of the molecule is N#CC1=C(N)Oc2c(c(=O)[nH]c3ccccc23)[C@@H]1c1cccc(O)c1. The average Bonchev–Trinajstić information content (AvgIpc) is 2.60. The highest BCUT2D eigenvalue weighted by Crippen LogP contribution is 2.43. The highest BCUT2D eigenvalue weighted by atomic mass is 16.5. The summed E-state index contributed by atoms with van der Waals surface area (Å²) >= 11 is 0. The first-order valence-electron chi connectivity index (χ1n) is 7.61. The number of allylic oxidation sites excluding steroid dienone is 1. The predicted molar refractivity (Wildman–Crippen MR) is 92.0 cm³/mol. The van der Waals surface area contributed by atoms with Crippen molar-refractivity contribution in [3.8, 4) is 17.6 Å². The van der Waals surface area contributed by atoms with Crippen molar-refractivity contribution in [2.75, 3.05) is 0 Å². The number of fused-ring (bicyclic) bond motifs is 3. The van der Waals surface area contributed by atoms with Crippen LogP contribution in [0, 0.1) is 11.3 Å². The number of pyridine rings is 1. The second-order valence-electron chi connectivity index (χ2n) is 5.76. The van der Waals surface area contributed by atoms with E-state index in [9.17, 15) is 15.2 Å².